The van der Waals surface area contributed by atoms with Crippen LogP contribution in [0.15, 0.2) is 58.3 Å². The molecule has 0 aliphatic carbocycles. The summed E-state index contributed by atoms with van der Waals surface area (Å²) in [6.07, 6.45) is 0. The highest BCUT2D eigenvalue weighted by Gasteiger charge is 2.19. The van der Waals surface area contributed by atoms with Crippen molar-refractivity contribution in [2.75, 3.05) is 52.4 Å². The van der Waals surface area contributed by atoms with Gasteiger partial charge in [0.05, 0.1) is 9.79 Å². The van der Waals surface area contributed by atoms with Crippen molar-refractivity contribution < 1.29 is 16.8 Å². The van der Waals surface area contributed by atoms with Crippen LogP contribution in [0.3, 0.4) is 0 Å². The Morgan fingerprint density at radius 2 is 0.938 bits per heavy atom. The smallest absolute Gasteiger partial charge is 0.240 e. The molecule has 2 aromatic rings. The largest absolute Gasteiger partial charge is 0.299 e. The fourth-order valence-electron chi connectivity index (χ4n) is 3.31. The summed E-state index contributed by atoms with van der Waals surface area (Å²) in [6.45, 7) is 4.96. The van der Waals surface area contributed by atoms with Gasteiger partial charge in [-0.15, -0.1) is 0 Å². The van der Waals surface area contributed by atoms with Gasteiger partial charge in [0.2, 0.25) is 20.0 Å². The molecule has 0 radical (unpaired) electrons. The van der Waals surface area contributed by atoms with Crippen LogP contribution in [0.1, 0.15) is 0 Å². The Hall–Kier alpha value is -1.24. The Morgan fingerprint density at radius 3 is 1.25 bits per heavy atom. The molecule has 0 atom stereocenters. The number of hydrogen-bond donors (Lipinski definition) is 2. The fourth-order valence-corrected chi connectivity index (χ4v) is 5.60. The second-order valence-electron chi connectivity index (χ2n) is 7.39. The average Bonchev–Trinajstić information content (AvgIpc) is 2.75. The molecule has 2 aromatic carbocycles. The molecule has 0 aromatic heterocycles. The maximum absolute atomic E-state index is 12.3. The molecule has 3 rings (SSSR count). The normalized spacial score (nSPS) is 16.3. The molecule has 32 heavy (non-hydrogen) atoms. The third kappa shape index (κ3) is 7.39. The van der Waals surface area contributed by atoms with E-state index in [-0.39, 0.29) is 9.79 Å². The van der Waals surface area contributed by atoms with E-state index in [9.17, 15) is 16.8 Å². The number of benzene rings is 2. The molecule has 1 heterocycles. The number of rotatable bonds is 10. The summed E-state index contributed by atoms with van der Waals surface area (Å²) in [5, 5.41) is 0.971. The monoisotopic (exact) mass is 520 g/mol. The Labute approximate surface area is 199 Å². The standard InChI is InChI=1S/C20H26Cl2N4O4S2/c21-17-1-5-19(6-2-17)31(27,28)23-9-11-25-13-15-26(16-14-25)12-10-24-32(29,30)20-7-3-18(22)4-8-20/h1-8,23-24H,9-16H2. The molecule has 2 N–H and O–H groups in total. The third-order valence-corrected chi connectivity index (χ3v) is 8.61. The number of halogens is 2. The van der Waals surface area contributed by atoms with Crippen LogP contribution in [-0.4, -0.2) is 79.0 Å². The molecule has 0 bridgehead atoms. The number of hydrogen-bond acceptors (Lipinski definition) is 6. The first-order valence-electron chi connectivity index (χ1n) is 10.1. The Kier molecular flexibility index (Phi) is 8.93. The molecule has 8 nitrogen and oxygen atoms in total. The minimum Gasteiger partial charge on any atom is -0.299 e. The first-order valence-corrected chi connectivity index (χ1v) is 13.8. The highest BCUT2D eigenvalue weighted by atomic mass is 35.5. The number of sulfonamides is 2. The summed E-state index contributed by atoms with van der Waals surface area (Å²) in [4.78, 5) is 4.73. The lowest BCUT2D eigenvalue weighted by Gasteiger charge is -2.34. The van der Waals surface area contributed by atoms with Crippen LogP contribution >= 0.6 is 23.2 Å². The highest BCUT2D eigenvalue weighted by Crippen LogP contribution is 2.14. The van der Waals surface area contributed by atoms with Gasteiger partial charge in [-0.25, -0.2) is 26.3 Å². The Bertz CT molecular complexity index is 998. The minimum absolute atomic E-state index is 0.188. The van der Waals surface area contributed by atoms with Crippen molar-refractivity contribution in [2.24, 2.45) is 0 Å². The zero-order chi connectivity index (χ0) is 23.2. The summed E-state index contributed by atoms with van der Waals surface area (Å²) in [5.41, 5.74) is 0. The predicted molar refractivity (Wildman–Crippen MR) is 126 cm³/mol. The first-order chi connectivity index (χ1) is 15.2. The van der Waals surface area contributed by atoms with E-state index >= 15 is 0 Å². The molecule has 0 unspecified atom stereocenters. The number of nitrogens with zero attached hydrogens (tertiary/aromatic N) is 2. The van der Waals surface area contributed by atoms with Crippen LogP contribution in [0.5, 0.6) is 0 Å². The quantitative estimate of drug-likeness (QED) is 0.496. The lowest BCUT2D eigenvalue weighted by molar-refractivity contribution is 0.136. The second-order valence-corrected chi connectivity index (χ2v) is 11.8. The van der Waals surface area contributed by atoms with Crippen LogP contribution in [0, 0.1) is 0 Å². The van der Waals surface area contributed by atoms with E-state index in [0.717, 1.165) is 26.2 Å². The van der Waals surface area contributed by atoms with E-state index in [1.165, 1.54) is 24.3 Å². The van der Waals surface area contributed by atoms with Gasteiger partial charge in [0, 0.05) is 62.4 Å². The average molecular weight is 521 g/mol. The SMILES string of the molecule is O=S(=O)(NCCN1CCN(CCNS(=O)(=O)c2ccc(Cl)cc2)CC1)c1ccc(Cl)cc1. The Balaban J connectivity index is 1.35. The molecule has 1 saturated heterocycles. The summed E-state index contributed by atoms with van der Waals surface area (Å²) in [7, 11) is -7.12. The summed E-state index contributed by atoms with van der Waals surface area (Å²) < 4.78 is 54.5. The molecule has 0 saturated carbocycles. The van der Waals surface area contributed by atoms with Gasteiger partial charge >= 0.3 is 0 Å². The van der Waals surface area contributed by atoms with E-state index < -0.39 is 20.0 Å². The van der Waals surface area contributed by atoms with Crippen LogP contribution in [0.2, 0.25) is 10.0 Å². The fraction of sp³-hybridized carbons (Fsp3) is 0.400. The lowest BCUT2D eigenvalue weighted by Crippen LogP contribution is -2.49. The van der Waals surface area contributed by atoms with Gasteiger partial charge in [0.25, 0.3) is 0 Å². The molecular formula is C20H26Cl2N4O4S2. The van der Waals surface area contributed by atoms with Crippen LogP contribution in [-0.2, 0) is 20.0 Å². The summed E-state index contributed by atoms with van der Waals surface area (Å²) in [5.74, 6) is 0. The Morgan fingerprint density at radius 1 is 0.625 bits per heavy atom. The van der Waals surface area contributed by atoms with Gasteiger partial charge in [-0.1, -0.05) is 23.2 Å². The van der Waals surface area contributed by atoms with Gasteiger partial charge in [-0.3, -0.25) is 9.80 Å². The molecule has 0 spiro atoms. The predicted octanol–water partition coefficient (Wildman–Crippen LogP) is 1.87. The zero-order valence-electron chi connectivity index (χ0n) is 17.4. The summed E-state index contributed by atoms with van der Waals surface area (Å²) in [6, 6.07) is 12.1. The molecule has 1 aliphatic rings. The zero-order valence-corrected chi connectivity index (χ0v) is 20.5. The van der Waals surface area contributed by atoms with Crippen molar-refractivity contribution in [3.63, 3.8) is 0 Å². The molecular weight excluding hydrogens is 495 g/mol. The van der Waals surface area contributed by atoms with E-state index in [2.05, 4.69) is 19.2 Å². The molecule has 176 valence electrons. The molecule has 1 fully saturated rings. The van der Waals surface area contributed by atoms with Gasteiger partial charge in [0.1, 0.15) is 0 Å². The van der Waals surface area contributed by atoms with Gasteiger partial charge in [-0.2, -0.15) is 0 Å². The van der Waals surface area contributed by atoms with Gasteiger partial charge < -0.3 is 0 Å². The minimum atomic E-state index is -3.56. The van der Waals surface area contributed by atoms with Crippen molar-refractivity contribution >= 4 is 43.2 Å². The number of piperazine rings is 1. The van der Waals surface area contributed by atoms with E-state index in [1.807, 2.05) is 0 Å². The lowest BCUT2D eigenvalue weighted by atomic mass is 10.3. The van der Waals surface area contributed by atoms with Crippen LogP contribution < -0.4 is 9.44 Å². The second kappa shape index (κ2) is 11.3. The highest BCUT2D eigenvalue weighted by molar-refractivity contribution is 7.89. The van der Waals surface area contributed by atoms with Crippen molar-refractivity contribution in [1.29, 1.82) is 0 Å². The topological polar surface area (TPSA) is 98.8 Å². The van der Waals surface area contributed by atoms with E-state index in [4.69, 9.17) is 23.2 Å². The molecule has 12 heteroatoms. The molecule has 0 amide bonds. The third-order valence-electron chi connectivity index (χ3n) is 5.15. The molecule has 1 aliphatic heterocycles. The van der Waals surface area contributed by atoms with Crippen molar-refractivity contribution in [3.05, 3.63) is 58.6 Å². The maximum Gasteiger partial charge on any atom is 0.240 e. The van der Waals surface area contributed by atoms with Gasteiger partial charge in [0.15, 0.2) is 0 Å². The van der Waals surface area contributed by atoms with E-state index in [0.29, 0.717) is 36.2 Å². The first kappa shape index (κ1) is 25.4. The van der Waals surface area contributed by atoms with Crippen LogP contribution in [0.25, 0.3) is 0 Å². The number of nitrogens with one attached hydrogen (secondary N) is 2. The van der Waals surface area contributed by atoms with Crippen molar-refractivity contribution in [2.45, 2.75) is 9.79 Å². The van der Waals surface area contributed by atoms with Crippen LogP contribution in [0.4, 0.5) is 0 Å². The van der Waals surface area contributed by atoms with Crippen molar-refractivity contribution in [1.82, 2.24) is 19.2 Å². The maximum atomic E-state index is 12.3. The van der Waals surface area contributed by atoms with Gasteiger partial charge in [-0.05, 0) is 48.5 Å². The van der Waals surface area contributed by atoms with E-state index in [1.54, 1.807) is 24.3 Å². The summed E-state index contributed by atoms with van der Waals surface area (Å²) >= 11 is 11.6. The van der Waals surface area contributed by atoms with Crippen molar-refractivity contribution in [3.8, 4) is 0 Å².